The van der Waals surface area contributed by atoms with Crippen LogP contribution in [-0.4, -0.2) is 61.9 Å². The number of nitriles is 1. The van der Waals surface area contributed by atoms with E-state index >= 15 is 0 Å². The number of likely N-dealkylation sites (tertiary alicyclic amines) is 1. The zero-order chi connectivity index (χ0) is 17.2. The molecule has 0 spiro atoms. The minimum atomic E-state index is -2.80. The van der Waals surface area contributed by atoms with Crippen molar-refractivity contribution in [3.05, 3.63) is 35.4 Å². The lowest BCUT2D eigenvalue weighted by atomic mass is 9.98. The molecule has 0 bridgehead atoms. The van der Waals surface area contributed by atoms with Gasteiger partial charge in [-0.3, -0.25) is 9.80 Å². The standard InChI is InChI=1S/C18H25N3O2S/c1-15(17-4-2-16(14-19)3-5-17)20-8-6-18(7-9-20)21-10-12-24(22,23)13-11-21/h2-5,15,18H,6-13H2,1H3. The summed E-state index contributed by atoms with van der Waals surface area (Å²) in [5, 5.41) is 8.90. The highest BCUT2D eigenvalue weighted by atomic mass is 32.2. The largest absolute Gasteiger partial charge is 0.298 e. The van der Waals surface area contributed by atoms with Crippen molar-refractivity contribution in [2.75, 3.05) is 37.7 Å². The molecular formula is C18H25N3O2S. The molecule has 1 aromatic carbocycles. The van der Waals surface area contributed by atoms with Crippen LogP contribution in [0.1, 0.15) is 36.9 Å². The van der Waals surface area contributed by atoms with Gasteiger partial charge in [0.1, 0.15) is 0 Å². The van der Waals surface area contributed by atoms with Crippen molar-refractivity contribution in [3.63, 3.8) is 0 Å². The van der Waals surface area contributed by atoms with Crippen LogP contribution in [0.2, 0.25) is 0 Å². The Kier molecular flexibility index (Phi) is 5.24. The molecule has 1 atom stereocenters. The highest BCUT2D eigenvalue weighted by Gasteiger charge is 2.30. The highest BCUT2D eigenvalue weighted by molar-refractivity contribution is 7.91. The number of hydrogen-bond donors (Lipinski definition) is 0. The molecule has 0 radical (unpaired) electrons. The van der Waals surface area contributed by atoms with Gasteiger partial charge >= 0.3 is 0 Å². The molecule has 0 amide bonds. The maximum atomic E-state index is 11.6. The van der Waals surface area contributed by atoms with E-state index in [1.54, 1.807) is 0 Å². The van der Waals surface area contributed by atoms with Gasteiger partial charge in [0.25, 0.3) is 0 Å². The van der Waals surface area contributed by atoms with Gasteiger partial charge in [0, 0.05) is 38.3 Å². The first-order valence-corrected chi connectivity index (χ1v) is 10.5. The lowest BCUT2D eigenvalue weighted by molar-refractivity contribution is 0.0927. The van der Waals surface area contributed by atoms with Gasteiger partial charge in [0.2, 0.25) is 0 Å². The molecule has 0 aromatic heterocycles. The highest BCUT2D eigenvalue weighted by Crippen LogP contribution is 2.26. The van der Waals surface area contributed by atoms with Crippen LogP contribution in [0.3, 0.4) is 0 Å². The Bertz CT molecular complexity index is 687. The lowest BCUT2D eigenvalue weighted by Gasteiger charge is -2.42. The number of rotatable bonds is 3. The van der Waals surface area contributed by atoms with Gasteiger partial charge in [-0.1, -0.05) is 12.1 Å². The molecule has 6 heteroatoms. The summed E-state index contributed by atoms with van der Waals surface area (Å²) >= 11 is 0. The molecule has 24 heavy (non-hydrogen) atoms. The van der Waals surface area contributed by atoms with E-state index in [2.05, 4.69) is 22.8 Å². The van der Waals surface area contributed by atoms with Crippen molar-refractivity contribution in [2.24, 2.45) is 0 Å². The Balaban J connectivity index is 1.54. The second kappa shape index (κ2) is 7.22. The van der Waals surface area contributed by atoms with E-state index < -0.39 is 9.84 Å². The van der Waals surface area contributed by atoms with E-state index in [4.69, 9.17) is 5.26 Å². The van der Waals surface area contributed by atoms with Crippen LogP contribution in [0.25, 0.3) is 0 Å². The zero-order valence-corrected chi connectivity index (χ0v) is 15.0. The lowest BCUT2D eigenvalue weighted by Crippen LogP contribution is -2.50. The smallest absolute Gasteiger partial charge is 0.152 e. The Hall–Kier alpha value is -1.42. The molecule has 0 aliphatic carbocycles. The number of piperidine rings is 1. The summed E-state index contributed by atoms with van der Waals surface area (Å²) in [6.07, 6.45) is 2.20. The van der Waals surface area contributed by atoms with E-state index in [9.17, 15) is 8.42 Å². The summed E-state index contributed by atoms with van der Waals surface area (Å²) < 4.78 is 23.1. The topological polar surface area (TPSA) is 64.4 Å². The van der Waals surface area contributed by atoms with Crippen LogP contribution in [0, 0.1) is 11.3 Å². The Morgan fingerprint density at radius 1 is 1.08 bits per heavy atom. The number of sulfone groups is 1. The second-order valence-electron chi connectivity index (χ2n) is 6.86. The van der Waals surface area contributed by atoms with E-state index in [1.165, 1.54) is 5.56 Å². The van der Waals surface area contributed by atoms with Gasteiger partial charge < -0.3 is 0 Å². The fourth-order valence-electron chi connectivity index (χ4n) is 3.78. The molecule has 3 rings (SSSR count). The van der Waals surface area contributed by atoms with Crippen molar-refractivity contribution in [1.82, 2.24) is 9.80 Å². The van der Waals surface area contributed by atoms with Gasteiger partial charge in [-0.05, 0) is 37.5 Å². The predicted octanol–water partition coefficient (Wildman–Crippen LogP) is 1.81. The monoisotopic (exact) mass is 347 g/mol. The summed E-state index contributed by atoms with van der Waals surface area (Å²) in [7, 11) is -2.80. The van der Waals surface area contributed by atoms with Crippen molar-refractivity contribution in [2.45, 2.75) is 31.8 Å². The predicted molar refractivity (Wildman–Crippen MR) is 94.4 cm³/mol. The average Bonchev–Trinajstić information content (AvgIpc) is 2.61. The maximum absolute atomic E-state index is 11.6. The first kappa shape index (κ1) is 17.4. The van der Waals surface area contributed by atoms with Crippen LogP contribution in [0.15, 0.2) is 24.3 Å². The fraction of sp³-hybridized carbons (Fsp3) is 0.611. The second-order valence-corrected chi connectivity index (χ2v) is 9.17. The summed E-state index contributed by atoms with van der Waals surface area (Å²) in [5.74, 6) is 0.629. The van der Waals surface area contributed by atoms with Crippen LogP contribution in [0.4, 0.5) is 0 Å². The Labute approximate surface area is 144 Å². The summed E-state index contributed by atoms with van der Waals surface area (Å²) in [6.45, 7) is 5.68. The normalized spacial score (nSPS) is 24.3. The quantitative estimate of drug-likeness (QED) is 0.834. The molecule has 0 saturated carbocycles. The van der Waals surface area contributed by atoms with Crippen LogP contribution in [-0.2, 0) is 9.84 Å². The van der Waals surface area contributed by atoms with Gasteiger partial charge in [0.05, 0.1) is 23.1 Å². The summed E-state index contributed by atoms with van der Waals surface area (Å²) in [4.78, 5) is 4.85. The number of nitrogens with zero attached hydrogens (tertiary/aromatic N) is 3. The molecule has 1 unspecified atom stereocenters. The summed E-state index contributed by atoms with van der Waals surface area (Å²) in [5.41, 5.74) is 1.95. The molecule has 2 saturated heterocycles. The molecule has 1 aromatic rings. The number of benzene rings is 1. The van der Waals surface area contributed by atoms with E-state index in [1.807, 2.05) is 24.3 Å². The summed E-state index contributed by atoms with van der Waals surface area (Å²) in [6, 6.07) is 10.9. The minimum Gasteiger partial charge on any atom is -0.298 e. The Morgan fingerprint density at radius 3 is 2.21 bits per heavy atom. The first-order chi connectivity index (χ1) is 11.5. The Morgan fingerprint density at radius 2 is 1.67 bits per heavy atom. The minimum absolute atomic E-state index is 0.314. The molecule has 0 N–H and O–H groups in total. The van der Waals surface area contributed by atoms with Gasteiger partial charge in [-0.25, -0.2) is 8.42 Å². The first-order valence-electron chi connectivity index (χ1n) is 8.67. The van der Waals surface area contributed by atoms with E-state index in [-0.39, 0.29) is 0 Å². The molecule has 2 aliphatic rings. The van der Waals surface area contributed by atoms with Crippen molar-refractivity contribution in [3.8, 4) is 6.07 Å². The molecule has 2 heterocycles. The molecule has 130 valence electrons. The zero-order valence-electron chi connectivity index (χ0n) is 14.2. The van der Waals surface area contributed by atoms with Gasteiger partial charge in [0.15, 0.2) is 9.84 Å². The molecule has 2 fully saturated rings. The fourth-order valence-corrected chi connectivity index (χ4v) is 5.01. The molecule has 5 nitrogen and oxygen atoms in total. The third-order valence-electron chi connectivity index (χ3n) is 5.46. The van der Waals surface area contributed by atoms with E-state index in [0.717, 1.165) is 25.9 Å². The SMILES string of the molecule is CC(c1ccc(C#N)cc1)N1CCC(N2CCS(=O)(=O)CC2)CC1. The van der Waals surface area contributed by atoms with Crippen molar-refractivity contribution >= 4 is 9.84 Å². The third-order valence-corrected chi connectivity index (χ3v) is 7.07. The average molecular weight is 347 g/mol. The molecule has 2 aliphatic heterocycles. The number of hydrogen-bond acceptors (Lipinski definition) is 5. The van der Waals surface area contributed by atoms with Crippen molar-refractivity contribution < 1.29 is 8.42 Å². The van der Waals surface area contributed by atoms with Crippen LogP contribution in [0.5, 0.6) is 0 Å². The molecular weight excluding hydrogens is 322 g/mol. The van der Waals surface area contributed by atoms with Gasteiger partial charge in [-0.2, -0.15) is 5.26 Å². The van der Waals surface area contributed by atoms with E-state index in [0.29, 0.717) is 42.2 Å². The van der Waals surface area contributed by atoms with Gasteiger partial charge in [-0.15, -0.1) is 0 Å². The maximum Gasteiger partial charge on any atom is 0.152 e. The van der Waals surface area contributed by atoms with Crippen molar-refractivity contribution in [1.29, 1.82) is 5.26 Å². The third kappa shape index (κ3) is 3.97. The van der Waals surface area contributed by atoms with Crippen LogP contribution >= 0.6 is 0 Å². The van der Waals surface area contributed by atoms with Crippen LogP contribution < -0.4 is 0 Å².